The molecule has 3 heterocycles. The zero-order valence-electron chi connectivity index (χ0n) is 19.3. The van der Waals surface area contributed by atoms with Crippen LogP contribution in [0.5, 0.6) is 11.5 Å². The number of benzene rings is 2. The van der Waals surface area contributed by atoms with E-state index in [0.29, 0.717) is 24.8 Å². The van der Waals surface area contributed by atoms with Gasteiger partial charge >= 0.3 is 0 Å². The third-order valence-corrected chi connectivity index (χ3v) is 6.91. The van der Waals surface area contributed by atoms with Crippen LogP contribution in [-0.2, 0) is 18.4 Å². The van der Waals surface area contributed by atoms with Crippen LogP contribution in [0.2, 0.25) is 0 Å². The number of carbonyl (C=O) groups excluding carboxylic acids is 2. The minimum atomic E-state index is -0.138. The van der Waals surface area contributed by atoms with Gasteiger partial charge in [0.25, 0.3) is 13.3 Å². The number of aryl methyl sites for hydroxylation is 1. The lowest BCUT2D eigenvalue weighted by molar-refractivity contribution is 0.101. The number of hydrogen-bond donors (Lipinski definition) is 1. The van der Waals surface area contributed by atoms with Crippen molar-refractivity contribution >= 4 is 46.7 Å². The summed E-state index contributed by atoms with van der Waals surface area (Å²) in [5.74, 6) is 1.83. The number of nitrogens with one attached hydrogen (secondary N) is 1. The van der Waals surface area contributed by atoms with E-state index in [1.54, 1.807) is 18.8 Å². The monoisotopic (exact) mass is 486 g/mol. The number of ether oxygens (including phenoxy) is 2. The standard InChI is InChI=1S/C26H25BN3O4S/c1-29-23-9-10-35-25(23)12-24(29)26(32)28-20-4-2-3-18(11-20)15-33-21-5-7-22(8-6-21)34-16-19-13-30(14-19)27-17-31/h2-12,17,19H,13-16H2,1H3,(H,28,32). The molecule has 0 bridgehead atoms. The molecule has 5 rings (SSSR count). The number of nitrogens with zero attached hydrogens (tertiary/aromatic N) is 2. The quantitative estimate of drug-likeness (QED) is 0.269. The number of aromatic nitrogens is 1. The van der Waals surface area contributed by atoms with Gasteiger partial charge in [0, 0.05) is 18.7 Å². The number of anilines is 1. The van der Waals surface area contributed by atoms with Gasteiger partial charge in [0.1, 0.15) is 23.8 Å². The van der Waals surface area contributed by atoms with Gasteiger partial charge in [0.05, 0.1) is 23.0 Å². The molecule has 1 radical (unpaired) electrons. The van der Waals surface area contributed by atoms with Crippen LogP contribution in [-0.4, -0.2) is 48.6 Å². The molecular formula is C26H25BN3O4S. The average Bonchev–Trinajstić information content (AvgIpc) is 3.43. The van der Waals surface area contributed by atoms with Crippen LogP contribution >= 0.6 is 11.3 Å². The minimum Gasteiger partial charge on any atom is -0.493 e. The van der Waals surface area contributed by atoms with Gasteiger partial charge in [-0.25, -0.2) is 0 Å². The number of fused-ring (bicyclic) bond motifs is 1. The first-order valence-electron chi connectivity index (χ1n) is 11.4. The maximum atomic E-state index is 12.8. The Hall–Kier alpha value is -3.56. The second-order valence-corrected chi connectivity index (χ2v) is 9.54. The molecule has 0 atom stereocenters. The first kappa shape index (κ1) is 23.2. The van der Waals surface area contributed by atoms with Crippen LogP contribution in [0.4, 0.5) is 5.69 Å². The van der Waals surface area contributed by atoms with Crippen molar-refractivity contribution in [1.82, 2.24) is 9.38 Å². The van der Waals surface area contributed by atoms with E-state index in [1.807, 2.05) is 82.5 Å². The molecule has 177 valence electrons. The molecule has 1 amide bonds. The first-order valence-corrected chi connectivity index (χ1v) is 12.3. The molecule has 1 N–H and O–H groups in total. The Morgan fingerprint density at radius 1 is 1.11 bits per heavy atom. The molecule has 4 aromatic rings. The van der Waals surface area contributed by atoms with Crippen LogP contribution < -0.4 is 14.8 Å². The Morgan fingerprint density at radius 3 is 2.63 bits per heavy atom. The normalized spacial score (nSPS) is 13.9. The number of carbonyl (C=O) groups is 2. The lowest BCUT2D eigenvalue weighted by Crippen LogP contribution is -2.51. The highest BCUT2D eigenvalue weighted by Gasteiger charge is 2.26. The Kier molecular flexibility index (Phi) is 6.88. The molecule has 0 aliphatic carbocycles. The summed E-state index contributed by atoms with van der Waals surface area (Å²) >= 11 is 1.62. The van der Waals surface area contributed by atoms with Crippen LogP contribution in [0.1, 0.15) is 16.1 Å². The number of hydrogen-bond acceptors (Lipinski definition) is 6. The van der Waals surface area contributed by atoms with Crippen molar-refractivity contribution in [2.45, 2.75) is 6.61 Å². The Labute approximate surface area is 208 Å². The smallest absolute Gasteiger partial charge is 0.293 e. The third-order valence-electron chi connectivity index (χ3n) is 6.05. The number of rotatable bonds is 10. The summed E-state index contributed by atoms with van der Waals surface area (Å²) in [5, 5.41) is 5.01. The molecule has 1 aliphatic rings. The van der Waals surface area contributed by atoms with E-state index in [9.17, 15) is 9.59 Å². The lowest BCUT2D eigenvalue weighted by Gasteiger charge is -2.37. The van der Waals surface area contributed by atoms with Gasteiger partial charge in [-0.2, -0.15) is 0 Å². The Morgan fingerprint density at radius 2 is 1.89 bits per heavy atom. The molecule has 2 aromatic carbocycles. The summed E-state index contributed by atoms with van der Waals surface area (Å²) in [7, 11) is 3.47. The van der Waals surface area contributed by atoms with Gasteiger partial charge in [-0.05, 0) is 72.6 Å². The maximum Gasteiger partial charge on any atom is 0.293 e. The van der Waals surface area contributed by atoms with E-state index >= 15 is 0 Å². The number of thiophene rings is 1. The Balaban J connectivity index is 1.11. The maximum absolute atomic E-state index is 12.8. The Bertz CT molecular complexity index is 1330. The molecule has 0 saturated carbocycles. The van der Waals surface area contributed by atoms with Crippen LogP contribution in [0.25, 0.3) is 10.2 Å². The zero-order chi connectivity index (χ0) is 24.2. The third kappa shape index (κ3) is 5.42. The predicted octanol–water partition coefficient (Wildman–Crippen LogP) is 4.19. The van der Waals surface area contributed by atoms with E-state index in [2.05, 4.69) is 5.32 Å². The van der Waals surface area contributed by atoms with Crippen molar-refractivity contribution in [1.29, 1.82) is 0 Å². The molecular weight excluding hydrogens is 461 g/mol. The molecule has 9 heteroatoms. The fourth-order valence-electron chi connectivity index (χ4n) is 4.14. The molecule has 2 aromatic heterocycles. The van der Waals surface area contributed by atoms with Crippen molar-refractivity contribution in [3.8, 4) is 11.5 Å². The molecule has 1 saturated heterocycles. The highest BCUT2D eigenvalue weighted by Crippen LogP contribution is 2.25. The van der Waals surface area contributed by atoms with E-state index in [-0.39, 0.29) is 5.91 Å². The van der Waals surface area contributed by atoms with Crippen LogP contribution in [0.15, 0.2) is 66.0 Å². The summed E-state index contributed by atoms with van der Waals surface area (Å²) in [4.78, 5) is 25.2. The van der Waals surface area contributed by atoms with Crippen LogP contribution in [0, 0.1) is 5.92 Å². The molecule has 0 unspecified atom stereocenters. The van der Waals surface area contributed by atoms with E-state index in [1.165, 1.54) is 0 Å². The minimum absolute atomic E-state index is 0.138. The second kappa shape index (κ2) is 10.4. The fraction of sp³-hybridized carbons (Fsp3) is 0.231. The summed E-state index contributed by atoms with van der Waals surface area (Å²) in [6, 6.07) is 19.2. The second-order valence-electron chi connectivity index (χ2n) is 8.59. The lowest BCUT2D eigenvalue weighted by atomic mass is 9.85. The molecule has 1 aliphatic heterocycles. The van der Waals surface area contributed by atoms with Gasteiger partial charge < -0.3 is 29.0 Å². The molecule has 7 nitrogen and oxygen atoms in total. The van der Waals surface area contributed by atoms with Gasteiger partial charge in [0.15, 0.2) is 0 Å². The SMILES string of the molecule is Cn1c(C(=O)Nc2cccc(COc3ccc(OCC4CN([B]C=O)C4)cc3)c2)cc2sccc21. The van der Waals surface area contributed by atoms with Gasteiger partial charge in [-0.1, -0.05) is 12.1 Å². The topological polar surface area (TPSA) is 72.8 Å². The highest BCUT2D eigenvalue weighted by molar-refractivity contribution is 7.17. The predicted molar refractivity (Wildman–Crippen MR) is 139 cm³/mol. The molecule has 0 spiro atoms. The van der Waals surface area contributed by atoms with Crippen molar-refractivity contribution in [3.63, 3.8) is 0 Å². The van der Waals surface area contributed by atoms with Crippen molar-refractivity contribution in [2.24, 2.45) is 13.0 Å². The first-order chi connectivity index (χ1) is 17.1. The van der Waals surface area contributed by atoms with Crippen molar-refractivity contribution in [2.75, 3.05) is 25.0 Å². The summed E-state index contributed by atoms with van der Waals surface area (Å²) in [5.41, 5.74) is 3.37. The fourth-order valence-corrected chi connectivity index (χ4v) is 4.99. The average molecular weight is 486 g/mol. The number of amides is 1. The summed E-state index contributed by atoms with van der Waals surface area (Å²) < 4.78 is 14.8. The van der Waals surface area contributed by atoms with Gasteiger partial charge in [-0.15, -0.1) is 11.3 Å². The van der Waals surface area contributed by atoms with E-state index in [4.69, 9.17) is 9.47 Å². The van der Waals surface area contributed by atoms with E-state index in [0.717, 1.165) is 52.2 Å². The summed E-state index contributed by atoms with van der Waals surface area (Å²) in [6.07, 6.45) is 0.814. The largest absolute Gasteiger partial charge is 0.493 e. The summed E-state index contributed by atoms with van der Waals surface area (Å²) in [6.45, 7) is 2.71. The molecule has 1 fully saturated rings. The van der Waals surface area contributed by atoms with Crippen molar-refractivity contribution in [3.05, 3.63) is 77.3 Å². The van der Waals surface area contributed by atoms with Gasteiger partial charge in [-0.3, -0.25) is 4.79 Å². The van der Waals surface area contributed by atoms with E-state index < -0.39 is 0 Å². The molecule has 35 heavy (non-hydrogen) atoms. The van der Waals surface area contributed by atoms with Crippen molar-refractivity contribution < 1.29 is 19.1 Å². The zero-order valence-corrected chi connectivity index (χ0v) is 20.2. The van der Waals surface area contributed by atoms with Gasteiger partial charge in [0.2, 0.25) is 0 Å². The van der Waals surface area contributed by atoms with Crippen LogP contribution in [0.3, 0.4) is 0 Å². The highest BCUT2D eigenvalue weighted by atomic mass is 32.1.